The van der Waals surface area contributed by atoms with Gasteiger partial charge in [0.05, 0.1) is 21.3 Å². The molecule has 0 saturated carbocycles. The van der Waals surface area contributed by atoms with Gasteiger partial charge in [0.15, 0.2) is 11.5 Å². The molecule has 33 heavy (non-hydrogen) atoms. The van der Waals surface area contributed by atoms with E-state index in [-0.39, 0.29) is 0 Å². The minimum absolute atomic E-state index is 0.652. The number of hydrogen-bond acceptors (Lipinski definition) is 7. The quantitative estimate of drug-likeness (QED) is 0.578. The van der Waals surface area contributed by atoms with Crippen LogP contribution in [0, 0.1) is 0 Å². The summed E-state index contributed by atoms with van der Waals surface area (Å²) in [4.78, 5) is 23.1. The Bertz CT molecular complexity index is 917. The van der Waals surface area contributed by atoms with Crippen LogP contribution in [-0.2, 0) is 22.7 Å². The summed E-state index contributed by atoms with van der Waals surface area (Å²) in [6.45, 7) is 5.91. The van der Waals surface area contributed by atoms with E-state index in [1.54, 1.807) is 21.3 Å². The Labute approximate surface area is 198 Å². The van der Waals surface area contributed by atoms with Gasteiger partial charge in [-0.25, -0.2) is 9.59 Å². The van der Waals surface area contributed by atoms with Gasteiger partial charge >= 0.3 is 11.9 Å². The van der Waals surface area contributed by atoms with Gasteiger partial charge in [-0.15, -0.1) is 0 Å². The number of nitrogens with zero attached hydrogens (tertiary/aromatic N) is 2. The van der Waals surface area contributed by atoms with E-state index in [0.717, 1.165) is 55.6 Å². The van der Waals surface area contributed by atoms with Gasteiger partial charge in [-0.3, -0.25) is 9.80 Å². The van der Waals surface area contributed by atoms with E-state index in [0.29, 0.717) is 11.5 Å². The molecular weight excluding hydrogens is 452 g/mol. The van der Waals surface area contributed by atoms with Gasteiger partial charge < -0.3 is 24.4 Å². The highest BCUT2D eigenvalue weighted by Crippen LogP contribution is 2.40. The molecule has 10 heteroatoms. The molecule has 1 fully saturated rings. The van der Waals surface area contributed by atoms with Gasteiger partial charge in [-0.2, -0.15) is 0 Å². The van der Waals surface area contributed by atoms with Gasteiger partial charge in [0.25, 0.3) is 0 Å². The molecule has 0 unspecified atom stereocenters. The smallest absolute Gasteiger partial charge is 0.414 e. The van der Waals surface area contributed by atoms with Crippen molar-refractivity contribution in [1.82, 2.24) is 9.80 Å². The first-order valence-corrected chi connectivity index (χ1v) is 10.6. The third kappa shape index (κ3) is 7.81. The highest BCUT2D eigenvalue weighted by molar-refractivity contribution is 6.30. The Morgan fingerprint density at radius 3 is 1.76 bits per heavy atom. The van der Waals surface area contributed by atoms with Crippen LogP contribution >= 0.6 is 11.6 Å². The van der Waals surface area contributed by atoms with Crippen LogP contribution in [0.3, 0.4) is 0 Å². The van der Waals surface area contributed by atoms with E-state index in [2.05, 4.69) is 28.0 Å². The molecule has 2 aromatic carbocycles. The van der Waals surface area contributed by atoms with Crippen LogP contribution in [0.5, 0.6) is 17.2 Å². The van der Waals surface area contributed by atoms with Crippen LogP contribution in [0.15, 0.2) is 36.4 Å². The molecular formula is C23H29ClN2O7. The molecule has 2 N–H and O–H groups in total. The SMILES string of the molecule is COc1ccc(CN2CCN(Cc3ccc(Cl)cc3)CC2)c(OC)c1OC.O=C(O)C(=O)O. The first-order chi connectivity index (χ1) is 15.8. The Hall–Kier alpha value is -3.01. The molecule has 1 aliphatic rings. The monoisotopic (exact) mass is 480 g/mol. The molecule has 2 aromatic rings. The van der Waals surface area contributed by atoms with Crippen LogP contribution in [0.2, 0.25) is 5.02 Å². The standard InChI is InChI=1S/C21H27ClN2O3.C2H2O4/c1-25-19-9-6-17(20(26-2)21(19)27-3)15-24-12-10-23(11-13-24)14-16-4-7-18(22)8-5-16;3-1(4)2(5)6/h4-9H,10-15H2,1-3H3;(H,3,4)(H,5,6). The summed E-state index contributed by atoms with van der Waals surface area (Å²) in [5.41, 5.74) is 2.41. The number of carboxylic acids is 2. The van der Waals surface area contributed by atoms with Crippen LogP contribution in [-0.4, -0.2) is 79.5 Å². The van der Waals surface area contributed by atoms with Gasteiger partial charge in [-0.05, 0) is 23.8 Å². The van der Waals surface area contributed by atoms with Gasteiger partial charge in [-0.1, -0.05) is 29.8 Å². The summed E-state index contributed by atoms with van der Waals surface area (Å²) in [6, 6.07) is 12.1. The van der Waals surface area contributed by atoms with E-state index >= 15 is 0 Å². The number of aliphatic carboxylic acids is 2. The maximum absolute atomic E-state index is 9.10. The first kappa shape index (κ1) is 26.2. The molecule has 9 nitrogen and oxygen atoms in total. The summed E-state index contributed by atoms with van der Waals surface area (Å²) in [6.07, 6.45) is 0. The highest BCUT2D eigenvalue weighted by Gasteiger charge is 2.21. The number of halogens is 1. The lowest BCUT2D eigenvalue weighted by molar-refractivity contribution is -0.159. The number of carboxylic acid groups (broad SMARTS) is 2. The Morgan fingerprint density at radius 1 is 0.788 bits per heavy atom. The summed E-state index contributed by atoms with van der Waals surface area (Å²) in [5.74, 6) is -1.56. The molecule has 0 radical (unpaired) electrons. The lowest BCUT2D eigenvalue weighted by Gasteiger charge is -2.35. The molecule has 3 rings (SSSR count). The molecule has 0 aliphatic carbocycles. The van der Waals surface area contributed by atoms with Crippen LogP contribution in [0.1, 0.15) is 11.1 Å². The lowest BCUT2D eigenvalue weighted by Crippen LogP contribution is -2.45. The zero-order valence-electron chi connectivity index (χ0n) is 18.9. The van der Waals surface area contributed by atoms with E-state index in [9.17, 15) is 0 Å². The minimum atomic E-state index is -1.82. The molecule has 0 aromatic heterocycles. The number of carbonyl (C=O) groups is 2. The van der Waals surface area contributed by atoms with Crippen molar-refractivity contribution in [3.05, 3.63) is 52.5 Å². The predicted octanol–water partition coefficient (Wildman–Crippen LogP) is 2.84. The summed E-state index contributed by atoms with van der Waals surface area (Å²) in [7, 11) is 4.95. The van der Waals surface area contributed by atoms with Crippen molar-refractivity contribution in [3.8, 4) is 17.2 Å². The number of rotatable bonds is 7. The summed E-state index contributed by atoms with van der Waals surface area (Å²) < 4.78 is 16.5. The Morgan fingerprint density at radius 2 is 1.30 bits per heavy atom. The molecule has 0 spiro atoms. The second-order valence-electron chi connectivity index (χ2n) is 7.28. The Kier molecular flexibility index (Phi) is 10.2. The second kappa shape index (κ2) is 12.9. The number of methoxy groups -OCH3 is 3. The maximum atomic E-state index is 9.10. The minimum Gasteiger partial charge on any atom is -0.493 e. The van der Waals surface area contributed by atoms with E-state index in [1.165, 1.54) is 5.56 Å². The van der Waals surface area contributed by atoms with Gasteiger partial charge in [0, 0.05) is 49.9 Å². The lowest BCUT2D eigenvalue weighted by atomic mass is 10.1. The van der Waals surface area contributed by atoms with Gasteiger partial charge in [0.2, 0.25) is 5.75 Å². The molecule has 1 saturated heterocycles. The molecule has 0 bridgehead atoms. The third-order valence-electron chi connectivity index (χ3n) is 5.15. The highest BCUT2D eigenvalue weighted by atomic mass is 35.5. The topological polar surface area (TPSA) is 109 Å². The largest absolute Gasteiger partial charge is 0.493 e. The van der Waals surface area contributed by atoms with Crippen molar-refractivity contribution >= 4 is 23.5 Å². The molecule has 1 heterocycles. The van der Waals surface area contributed by atoms with Crippen molar-refractivity contribution in [1.29, 1.82) is 0 Å². The fraction of sp³-hybridized carbons (Fsp3) is 0.391. The van der Waals surface area contributed by atoms with Crippen molar-refractivity contribution < 1.29 is 34.0 Å². The number of piperazine rings is 1. The van der Waals surface area contributed by atoms with Crippen molar-refractivity contribution in [2.75, 3.05) is 47.5 Å². The second-order valence-corrected chi connectivity index (χ2v) is 7.72. The zero-order chi connectivity index (χ0) is 24.4. The van der Waals surface area contributed by atoms with E-state index in [1.807, 2.05) is 18.2 Å². The Balaban J connectivity index is 0.000000569. The average Bonchev–Trinajstić information content (AvgIpc) is 2.81. The predicted molar refractivity (Wildman–Crippen MR) is 123 cm³/mol. The number of hydrogen-bond donors (Lipinski definition) is 2. The van der Waals surface area contributed by atoms with E-state index < -0.39 is 11.9 Å². The normalized spacial score (nSPS) is 14.1. The van der Waals surface area contributed by atoms with Crippen LogP contribution in [0.25, 0.3) is 0 Å². The zero-order valence-corrected chi connectivity index (χ0v) is 19.7. The fourth-order valence-electron chi connectivity index (χ4n) is 3.48. The number of ether oxygens (including phenoxy) is 3. The van der Waals surface area contributed by atoms with Crippen LogP contribution in [0.4, 0.5) is 0 Å². The molecule has 180 valence electrons. The van der Waals surface area contributed by atoms with Crippen molar-refractivity contribution in [3.63, 3.8) is 0 Å². The molecule has 0 atom stereocenters. The summed E-state index contributed by atoms with van der Waals surface area (Å²) >= 11 is 5.97. The third-order valence-corrected chi connectivity index (χ3v) is 5.40. The first-order valence-electron chi connectivity index (χ1n) is 10.2. The van der Waals surface area contributed by atoms with Gasteiger partial charge in [0.1, 0.15) is 0 Å². The number of benzene rings is 2. The molecule has 1 aliphatic heterocycles. The van der Waals surface area contributed by atoms with Crippen molar-refractivity contribution in [2.24, 2.45) is 0 Å². The fourth-order valence-corrected chi connectivity index (χ4v) is 3.61. The molecule has 0 amide bonds. The van der Waals surface area contributed by atoms with Crippen LogP contribution < -0.4 is 14.2 Å². The van der Waals surface area contributed by atoms with Crippen molar-refractivity contribution in [2.45, 2.75) is 13.1 Å². The summed E-state index contributed by atoms with van der Waals surface area (Å²) in [5, 5.41) is 15.6. The maximum Gasteiger partial charge on any atom is 0.414 e. The van der Waals surface area contributed by atoms with E-state index in [4.69, 9.17) is 45.6 Å². The average molecular weight is 481 g/mol.